The number of carbonyl (C=O) groups excluding carboxylic acids is 1. The van der Waals surface area contributed by atoms with E-state index in [1.165, 1.54) is 12.8 Å². The molecule has 0 saturated heterocycles. The lowest BCUT2D eigenvalue weighted by atomic mass is 9.85. The molecule has 18 heavy (non-hydrogen) atoms. The van der Waals surface area contributed by atoms with E-state index in [4.69, 9.17) is 11.6 Å². The molecule has 0 aromatic heterocycles. The molecule has 1 amide bonds. The monoisotopic (exact) mass is 377 g/mol. The minimum atomic E-state index is 0.0236. The van der Waals surface area contributed by atoms with Gasteiger partial charge in [0.1, 0.15) is 0 Å². The third-order valence-electron chi connectivity index (χ3n) is 3.51. The predicted octanol–water partition coefficient (Wildman–Crippen LogP) is 3.82. The SMILES string of the molecule is O=C(NC1CCCCC1CCl)c1cccc(I)c1. The van der Waals surface area contributed by atoms with E-state index < -0.39 is 0 Å². The van der Waals surface area contributed by atoms with E-state index in [0.717, 1.165) is 22.0 Å². The van der Waals surface area contributed by atoms with E-state index in [-0.39, 0.29) is 11.9 Å². The third kappa shape index (κ3) is 3.60. The molecule has 2 unspecified atom stereocenters. The van der Waals surface area contributed by atoms with Gasteiger partial charge in [0.2, 0.25) is 0 Å². The van der Waals surface area contributed by atoms with Crippen LogP contribution in [0.4, 0.5) is 0 Å². The van der Waals surface area contributed by atoms with Gasteiger partial charge in [-0.05, 0) is 59.5 Å². The molecule has 1 N–H and O–H groups in total. The summed E-state index contributed by atoms with van der Waals surface area (Å²) in [7, 11) is 0. The van der Waals surface area contributed by atoms with Crippen LogP contribution in [0.5, 0.6) is 0 Å². The van der Waals surface area contributed by atoms with Crippen LogP contribution in [0.3, 0.4) is 0 Å². The minimum absolute atomic E-state index is 0.0236. The molecule has 0 spiro atoms. The Morgan fingerprint density at radius 2 is 2.17 bits per heavy atom. The standard InChI is InChI=1S/C14H17ClINO/c15-9-11-4-1-2-7-13(11)17-14(18)10-5-3-6-12(16)8-10/h3,5-6,8,11,13H,1-2,4,7,9H2,(H,17,18). The average Bonchev–Trinajstić information content (AvgIpc) is 2.39. The van der Waals surface area contributed by atoms with Crippen molar-refractivity contribution in [1.82, 2.24) is 5.32 Å². The molecule has 1 aliphatic carbocycles. The van der Waals surface area contributed by atoms with Crippen molar-refractivity contribution in [3.8, 4) is 0 Å². The summed E-state index contributed by atoms with van der Waals surface area (Å²) in [5, 5.41) is 3.14. The molecule has 0 heterocycles. The maximum absolute atomic E-state index is 12.2. The second-order valence-electron chi connectivity index (χ2n) is 4.79. The fourth-order valence-corrected chi connectivity index (χ4v) is 3.38. The smallest absolute Gasteiger partial charge is 0.251 e. The number of rotatable bonds is 3. The van der Waals surface area contributed by atoms with Gasteiger partial charge in [-0.3, -0.25) is 4.79 Å². The first-order chi connectivity index (χ1) is 8.70. The summed E-state index contributed by atoms with van der Waals surface area (Å²) in [6.07, 6.45) is 4.59. The Labute approximate surface area is 127 Å². The largest absolute Gasteiger partial charge is 0.349 e. The molecule has 1 aromatic rings. The van der Waals surface area contributed by atoms with E-state index in [9.17, 15) is 4.79 Å². The quantitative estimate of drug-likeness (QED) is 0.630. The summed E-state index contributed by atoms with van der Waals surface area (Å²) in [6.45, 7) is 0. The molecule has 4 heteroatoms. The lowest BCUT2D eigenvalue weighted by Crippen LogP contribution is -2.42. The highest BCUT2D eigenvalue weighted by Gasteiger charge is 2.25. The Morgan fingerprint density at radius 3 is 2.89 bits per heavy atom. The highest BCUT2D eigenvalue weighted by Crippen LogP contribution is 2.25. The third-order valence-corrected chi connectivity index (χ3v) is 4.58. The van der Waals surface area contributed by atoms with Crippen molar-refractivity contribution in [3.63, 3.8) is 0 Å². The number of hydrogen-bond acceptors (Lipinski definition) is 1. The van der Waals surface area contributed by atoms with Gasteiger partial charge in [0.25, 0.3) is 5.91 Å². The van der Waals surface area contributed by atoms with Crippen molar-refractivity contribution in [1.29, 1.82) is 0 Å². The minimum Gasteiger partial charge on any atom is -0.349 e. The van der Waals surface area contributed by atoms with Crippen LogP contribution in [0.25, 0.3) is 0 Å². The first kappa shape index (κ1) is 14.1. The Balaban J connectivity index is 2.02. The van der Waals surface area contributed by atoms with Gasteiger partial charge in [-0.1, -0.05) is 18.9 Å². The maximum atomic E-state index is 12.2. The van der Waals surface area contributed by atoms with Crippen LogP contribution in [-0.4, -0.2) is 17.8 Å². The molecule has 98 valence electrons. The number of hydrogen-bond donors (Lipinski definition) is 1. The number of halogens is 2. The highest BCUT2D eigenvalue weighted by atomic mass is 127. The zero-order valence-corrected chi connectivity index (χ0v) is 13.1. The zero-order chi connectivity index (χ0) is 13.0. The normalized spacial score (nSPS) is 23.7. The second-order valence-corrected chi connectivity index (χ2v) is 6.34. The first-order valence-electron chi connectivity index (χ1n) is 6.33. The van der Waals surface area contributed by atoms with Gasteiger partial charge in [0.05, 0.1) is 0 Å². The van der Waals surface area contributed by atoms with Crippen molar-refractivity contribution in [2.45, 2.75) is 31.7 Å². The Hall–Kier alpha value is -0.290. The molecular formula is C14H17ClINO. The van der Waals surface area contributed by atoms with Crippen molar-refractivity contribution >= 4 is 40.1 Å². The molecule has 2 atom stereocenters. The van der Waals surface area contributed by atoms with Crippen LogP contribution < -0.4 is 5.32 Å². The molecule has 2 rings (SSSR count). The summed E-state index contributed by atoms with van der Waals surface area (Å²) < 4.78 is 1.08. The number of benzene rings is 1. The number of nitrogens with one attached hydrogen (secondary N) is 1. The summed E-state index contributed by atoms with van der Waals surface area (Å²) in [5.74, 6) is 1.08. The second kappa shape index (κ2) is 6.75. The van der Waals surface area contributed by atoms with Gasteiger partial charge < -0.3 is 5.32 Å². The molecule has 2 nitrogen and oxygen atoms in total. The fourth-order valence-electron chi connectivity index (χ4n) is 2.46. The Kier molecular flexibility index (Phi) is 5.30. The molecular weight excluding hydrogens is 361 g/mol. The maximum Gasteiger partial charge on any atom is 0.251 e. The highest BCUT2D eigenvalue weighted by molar-refractivity contribution is 14.1. The van der Waals surface area contributed by atoms with E-state index in [0.29, 0.717) is 11.8 Å². The van der Waals surface area contributed by atoms with Crippen LogP contribution >= 0.6 is 34.2 Å². The predicted molar refractivity (Wildman–Crippen MR) is 83.1 cm³/mol. The van der Waals surface area contributed by atoms with Gasteiger partial charge >= 0.3 is 0 Å². The molecule has 0 aliphatic heterocycles. The molecule has 1 saturated carbocycles. The molecule has 1 fully saturated rings. The summed E-state index contributed by atoms with van der Waals surface area (Å²) in [5.41, 5.74) is 0.737. The van der Waals surface area contributed by atoms with Gasteiger partial charge in [-0.2, -0.15) is 0 Å². The van der Waals surface area contributed by atoms with E-state index in [1.807, 2.05) is 24.3 Å². The Morgan fingerprint density at radius 1 is 1.39 bits per heavy atom. The van der Waals surface area contributed by atoms with Gasteiger partial charge in [-0.15, -0.1) is 11.6 Å². The Bertz CT molecular complexity index is 424. The van der Waals surface area contributed by atoms with Gasteiger partial charge in [-0.25, -0.2) is 0 Å². The first-order valence-corrected chi connectivity index (χ1v) is 7.94. The summed E-state index contributed by atoms with van der Waals surface area (Å²) in [6, 6.07) is 7.90. The van der Waals surface area contributed by atoms with Crippen LogP contribution in [0.2, 0.25) is 0 Å². The molecule has 1 aromatic carbocycles. The van der Waals surface area contributed by atoms with Crippen molar-refractivity contribution in [3.05, 3.63) is 33.4 Å². The van der Waals surface area contributed by atoms with Crippen molar-refractivity contribution < 1.29 is 4.79 Å². The lowest BCUT2D eigenvalue weighted by molar-refractivity contribution is 0.0911. The molecule has 0 bridgehead atoms. The lowest BCUT2D eigenvalue weighted by Gasteiger charge is -2.30. The van der Waals surface area contributed by atoms with E-state index in [2.05, 4.69) is 27.9 Å². The van der Waals surface area contributed by atoms with E-state index in [1.54, 1.807) is 0 Å². The van der Waals surface area contributed by atoms with Gasteiger partial charge in [0.15, 0.2) is 0 Å². The van der Waals surface area contributed by atoms with Crippen LogP contribution in [0, 0.1) is 9.49 Å². The topological polar surface area (TPSA) is 29.1 Å². The van der Waals surface area contributed by atoms with Crippen molar-refractivity contribution in [2.24, 2.45) is 5.92 Å². The van der Waals surface area contributed by atoms with Gasteiger partial charge in [0, 0.05) is 21.1 Å². The van der Waals surface area contributed by atoms with Crippen LogP contribution in [0.15, 0.2) is 24.3 Å². The van der Waals surface area contributed by atoms with E-state index >= 15 is 0 Å². The average molecular weight is 378 g/mol. The number of alkyl halides is 1. The summed E-state index contributed by atoms with van der Waals surface area (Å²) in [4.78, 5) is 12.2. The zero-order valence-electron chi connectivity index (χ0n) is 10.2. The molecule has 1 aliphatic rings. The number of carbonyl (C=O) groups is 1. The van der Waals surface area contributed by atoms with Crippen LogP contribution in [0.1, 0.15) is 36.0 Å². The summed E-state index contributed by atoms with van der Waals surface area (Å²) >= 11 is 8.20. The molecule has 0 radical (unpaired) electrons. The number of amides is 1. The van der Waals surface area contributed by atoms with Crippen molar-refractivity contribution in [2.75, 3.05) is 5.88 Å². The fraction of sp³-hybridized carbons (Fsp3) is 0.500. The van der Waals surface area contributed by atoms with Crippen LogP contribution in [-0.2, 0) is 0 Å².